The monoisotopic (exact) mass is 539 g/mol. The van der Waals surface area contributed by atoms with Gasteiger partial charge in [-0.1, -0.05) is 84.9 Å². The second-order valence-corrected chi connectivity index (χ2v) is 11.8. The van der Waals surface area contributed by atoms with Crippen LogP contribution in [0.3, 0.4) is 0 Å². The Balaban J connectivity index is 1.45. The van der Waals surface area contributed by atoms with Crippen molar-refractivity contribution < 1.29 is 0 Å². The van der Waals surface area contributed by atoms with Crippen LogP contribution in [0.2, 0.25) is 0 Å². The third-order valence-corrected chi connectivity index (χ3v) is 9.88. The number of nitrogens with zero attached hydrogens (tertiary/aromatic N) is 3. The van der Waals surface area contributed by atoms with Gasteiger partial charge in [-0.25, -0.2) is 4.98 Å². The minimum absolute atomic E-state index is 1.00. The predicted octanol–water partition coefficient (Wildman–Crippen LogP) is 10.3. The summed E-state index contributed by atoms with van der Waals surface area (Å²) in [6, 6.07) is 46.3. The molecule has 6 aromatic carbocycles. The Hall–Kier alpha value is -5.19. The zero-order valence-corrected chi connectivity index (χ0v) is 22.7. The summed E-state index contributed by atoms with van der Waals surface area (Å²) in [6.45, 7) is 0. The number of rotatable bonds is 1. The van der Waals surface area contributed by atoms with E-state index in [1.807, 2.05) is 11.3 Å². The van der Waals surface area contributed by atoms with Gasteiger partial charge in [0.1, 0.15) is 5.65 Å². The molecule has 0 bridgehead atoms. The van der Waals surface area contributed by atoms with Gasteiger partial charge in [0.25, 0.3) is 0 Å². The summed E-state index contributed by atoms with van der Waals surface area (Å²) < 4.78 is 7.46. The average molecular weight is 540 g/mol. The summed E-state index contributed by atoms with van der Waals surface area (Å²) in [6.07, 6.45) is 0. The van der Waals surface area contributed by atoms with Crippen molar-refractivity contribution in [3.63, 3.8) is 0 Å². The molecule has 0 spiro atoms. The molecule has 190 valence electrons. The van der Waals surface area contributed by atoms with Crippen molar-refractivity contribution in [1.82, 2.24) is 14.0 Å². The Morgan fingerprint density at radius 3 is 2.05 bits per heavy atom. The lowest BCUT2D eigenvalue weighted by molar-refractivity contribution is 1.20. The fraction of sp³-hybridized carbons (Fsp3) is 0. The molecule has 0 radical (unpaired) electrons. The number of hydrogen-bond acceptors (Lipinski definition) is 2. The van der Waals surface area contributed by atoms with Gasteiger partial charge in [-0.3, -0.25) is 4.40 Å². The molecule has 0 unspecified atom stereocenters. The van der Waals surface area contributed by atoms with Crippen LogP contribution in [0.15, 0.2) is 127 Å². The zero-order valence-electron chi connectivity index (χ0n) is 21.9. The number of benzene rings is 6. The van der Waals surface area contributed by atoms with Crippen LogP contribution < -0.4 is 0 Å². The maximum atomic E-state index is 5.12. The summed E-state index contributed by atoms with van der Waals surface area (Å²) >= 11 is 1.88. The van der Waals surface area contributed by atoms with Crippen molar-refractivity contribution >= 4 is 91.7 Å². The van der Waals surface area contributed by atoms with Gasteiger partial charge in [0.2, 0.25) is 0 Å². The molecule has 4 heteroatoms. The lowest BCUT2D eigenvalue weighted by Gasteiger charge is -2.12. The van der Waals surface area contributed by atoms with E-state index in [2.05, 4.69) is 136 Å². The number of para-hydroxylation sites is 3. The van der Waals surface area contributed by atoms with Gasteiger partial charge in [0.15, 0.2) is 0 Å². The molecule has 4 heterocycles. The molecule has 10 rings (SSSR count). The highest BCUT2D eigenvalue weighted by Crippen LogP contribution is 2.42. The van der Waals surface area contributed by atoms with E-state index < -0.39 is 0 Å². The van der Waals surface area contributed by atoms with E-state index in [1.165, 1.54) is 69.3 Å². The van der Waals surface area contributed by atoms with Crippen molar-refractivity contribution in [3.8, 4) is 5.69 Å². The zero-order chi connectivity index (χ0) is 26.7. The second-order valence-electron chi connectivity index (χ2n) is 10.8. The van der Waals surface area contributed by atoms with Crippen LogP contribution in [0, 0.1) is 0 Å². The third kappa shape index (κ3) is 2.75. The smallest absolute Gasteiger partial charge is 0.146 e. The van der Waals surface area contributed by atoms with Gasteiger partial charge in [-0.15, -0.1) is 11.3 Å². The van der Waals surface area contributed by atoms with Crippen LogP contribution in [-0.2, 0) is 0 Å². The van der Waals surface area contributed by atoms with E-state index in [-0.39, 0.29) is 0 Å². The van der Waals surface area contributed by atoms with Crippen LogP contribution in [-0.4, -0.2) is 14.0 Å². The molecule has 41 heavy (non-hydrogen) atoms. The first-order chi connectivity index (χ1) is 20.3. The molecule has 0 aliphatic carbocycles. The maximum Gasteiger partial charge on any atom is 0.146 e. The highest BCUT2D eigenvalue weighted by molar-refractivity contribution is 7.26. The summed E-state index contributed by atoms with van der Waals surface area (Å²) in [7, 11) is 0. The van der Waals surface area contributed by atoms with Crippen LogP contribution in [0.25, 0.3) is 86.0 Å². The topological polar surface area (TPSA) is 22.2 Å². The fourth-order valence-electron chi connectivity index (χ4n) is 6.94. The maximum absolute atomic E-state index is 5.12. The van der Waals surface area contributed by atoms with E-state index in [0.29, 0.717) is 0 Å². The third-order valence-electron chi connectivity index (χ3n) is 8.67. The molecule has 0 fully saturated rings. The first-order valence-electron chi connectivity index (χ1n) is 13.9. The van der Waals surface area contributed by atoms with Gasteiger partial charge in [0.05, 0.1) is 38.0 Å². The minimum atomic E-state index is 1.00. The lowest BCUT2D eigenvalue weighted by Crippen LogP contribution is -1.96. The van der Waals surface area contributed by atoms with Gasteiger partial charge in [-0.05, 0) is 47.9 Å². The van der Waals surface area contributed by atoms with Crippen molar-refractivity contribution in [2.45, 2.75) is 0 Å². The number of thiophene rings is 1. The Labute approximate surface area is 238 Å². The molecule has 0 N–H and O–H groups in total. The Morgan fingerprint density at radius 1 is 0.463 bits per heavy atom. The van der Waals surface area contributed by atoms with E-state index in [4.69, 9.17) is 4.98 Å². The SMILES string of the molecule is c1ccc2c(c1)nc1c3ccccc3c3cc4c5ccccc5n(-c5cccc6c5sc5ccccc56)c4cc3n21. The quantitative estimate of drug-likeness (QED) is 0.190. The standard InChI is InChI=1S/C37H21N3S/c1-2-13-26-22(10-1)27-20-28-23-11-3-6-16-30(23)39(32-18-9-14-25-24-12-4-8-19-35(24)41-36(25)32)33(28)21-34(27)40-31-17-7-5-15-29(31)38-37(26)40/h1-21H. The molecular weight excluding hydrogens is 518 g/mol. The normalized spacial score (nSPS) is 12.4. The van der Waals surface area contributed by atoms with Gasteiger partial charge >= 0.3 is 0 Å². The Morgan fingerprint density at radius 2 is 1.15 bits per heavy atom. The van der Waals surface area contributed by atoms with Gasteiger partial charge in [-0.2, -0.15) is 0 Å². The molecule has 0 aliphatic heterocycles. The molecule has 0 saturated carbocycles. The van der Waals surface area contributed by atoms with Crippen molar-refractivity contribution in [2.24, 2.45) is 0 Å². The lowest BCUT2D eigenvalue weighted by atomic mass is 10.0. The molecular formula is C37H21N3S. The van der Waals surface area contributed by atoms with E-state index in [0.717, 1.165) is 16.7 Å². The second kappa shape index (κ2) is 7.72. The number of pyridine rings is 1. The van der Waals surface area contributed by atoms with Crippen molar-refractivity contribution in [3.05, 3.63) is 127 Å². The van der Waals surface area contributed by atoms with Gasteiger partial charge in [0, 0.05) is 37.0 Å². The summed E-state index contributed by atoms with van der Waals surface area (Å²) in [4.78, 5) is 5.12. The number of fused-ring (bicyclic) bond motifs is 14. The van der Waals surface area contributed by atoms with E-state index >= 15 is 0 Å². The predicted molar refractivity (Wildman–Crippen MR) is 175 cm³/mol. The molecule has 3 nitrogen and oxygen atoms in total. The average Bonchev–Trinajstić information content (AvgIpc) is 3.70. The molecule has 0 aliphatic rings. The molecule has 0 amide bonds. The first kappa shape index (κ1) is 21.6. The summed E-state index contributed by atoms with van der Waals surface area (Å²) in [5.74, 6) is 0. The van der Waals surface area contributed by atoms with Crippen molar-refractivity contribution in [2.75, 3.05) is 0 Å². The van der Waals surface area contributed by atoms with E-state index in [1.54, 1.807) is 0 Å². The highest BCUT2D eigenvalue weighted by Gasteiger charge is 2.20. The summed E-state index contributed by atoms with van der Waals surface area (Å²) in [5.41, 5.74) is 7.97. The summed E-state index contributed by atoms with van der Waals surface area (Å²) in [5, 5.41) is 8.81. The highest BCUT2D eigenvalue weighted by atomic mass is 32.1. The molecule has 0 atom stereocenters. The first-order valence-corrected chi connectivity index (χ1v) is 14.7. The Kier molecular flexibility index (Phi) is 4.07. The Bertz CT molecular complexity index is 2700. The van der Waals surface area contributed by atoms with Gasteiger partial charge < -0.3 is 4.57 Å². The molecule has 0 saturated heterocycles. The van der Waals surface area contributed by atoms with Crippen LogP contribution in [0.5, 0.6) is 0 Å². The number of imidazole rings is 1. The largest absolute Gasteiger partial charge is 0.308 e. The molecule has 4 aromatic heterocycles. The van der Waals surface area contributed by atoms with Crippen molar-refractivity contribution in [1.29, 1.82) is 0 Å². The van der Waals surface area contributed by atoms with E-state index in [9.17, 15) is 0 Å². The number of hydrogen-bond donors (Lipinski definition) is 0. The van der Waals surface area contributed by atoms with Crippen LogP contribution in [0.4, 0.5) is 0 Å². The molecule has 10 aromatic rings. The fourth-order valence-corrected chi connectivity index (χ4v) is 8.14. The van der Waals surface area contributed by atoms with Crippen LogP contribution in [0.1, 0.15) is 0 Å². The minimum Gasteiger partial charge on any atom is -0.308 e. The number of aromatic nitrogens is 3. The van der Waals surface area contributed by atoms with Crippen LogP contribution >= 0.6 is 11.3 Å².